The highest BCUT2D eigenvalue weighted by molar-refractivity contribution is 7.13. The molecule has 1 amide bonds. The number of anilines is 1. The molecule has 2 aromatic heterocycles. The maximum atomic E-state index is 13.0. The largest absolute Gasteiger partial charge is 0.443 e. The Morgan fingerprint density at radius 3 is 2.34 bits per heavy atom. The van der Waals surface area contributed by atoms with Crippen molar-refractivity contribution in [1.29, 1.82) is 0 Å². The highest BCUT2D eigenvalue weighted by Gasteiger charge is 2.27. The first-order valence-electron chi connectivity index (χ1n) is 9.25. The molecular weight excluding hydrogens is 471 g/mol. The Balaban J connectivity index is 1.56. The van der Waals surface area contributed by atoms with Crippen molar-refractivity contribution in [3.63, 3.8) is 0 Å². The van der Waals surface area contributed by atoms with Gasteiger partial charge in [0.25, 0.3) is 5.91 Å². The van der Waals surface area contributed by atoms with Gasteiger partial charge in [0.2, 0.25) is 6.10 Å². The van der Waals surface area contributed by atoms with Crippen molar-refractivity contribution in [1.82, 2.24) is 15.0 Å². The van der Waals surface area contributed by atoms with Crippen LogP contribution in [-0.4, -0.2) is 26.8 Å². The molecule has 2 aromatic carbocycles. The number of nitrogens with one attached hydrogen (secondary N) is 1. The topological polar surface area (TPSA) is 94.1 Å². The third kappa shape index (κ3) is 5.28. The van der Waals surface area contributed by atoms with Crippen LogP contribution < -0.4 is 5.32 Å². The first-order valence-corrected chi connectivity index (χ1v) is 10.9. The Hall–Kier alpha value is -3.33. The lowest BCUT2D eigenvalue weighted by molar-refractivity contribution is -0.125. The van der Waals surface area contributed by atoms with Crippen molar-refractivity contribution in [3.8, 4) is 10.8 Å². The monoisotopic (exact) mass is 484 g/mol. The van der Waals surface area contributed by atoms with E-state index in [1.807, 2.05) is 0 Å². The van der Waals surface area contributed by atoms with E-state index >= 15 is 0 Å². The van der Waals surface area contributed by atoms with Gasteiger partial charge in [-0.25, -0.2) is 19.7 Å². The summed E-state index contributed by atoms with van der Waals surface area (Å²) in [5.41, 5.74) is 0.923. The number of benzene rings is 2. The van der Waals surface area contributed by atoms with E-state index < -0.39 is 18.0 Å². The first kappa shape index (κ1) is 21.9. The van der Waals surface area contributed by atoms with E-state index in [1.54, 1.807) is 67.0 Å². The summed E-state index contributed by atoms with van der Waals surface area (Å²) in [4.78, 5) is 38.3. The molecule has 0 saturated carbocycles. The molecule has 10 heteroatoms. The molecule has 32 heavy (non-hydrogen) atoms. The summed E-state index contributed by atoms with van der Waals surface area (Å²) in [6, 6.07) is 15.0. The minimum absolute atomic E-state index is 0.0528. The second-order valence-electron chi connectivity index (χ2n) is 6.45. The van der Waals surface area contributed by atoms with Gasteiger partial charge in [-0.2, -0.15) is 0 Å². The van der Waals surface area contributed by atoms with E-state index in [-0.39, 0.29) is 5.69 Å². The third-order valence-electron chi connectivity index (χ3n) is 4.17. The number of thiazole rings is 1. The molecule has 0 fully saturated rings. The molecule has 1 atom stereocenters. The zero-order valence-electron chi connectivity index (χ0n) is 16.2. The molecule has 0 spiro atoms. The average Bonchev–Trinajstić information content (AvgIpc) is 3.28. The lowest BCUT2D eigenvalue weighted by Crippen LogP contribution is -2.26. The molecule has 160 valence electrons. The van der Waals surface area contributed by atoms with Crippen LogP contribution in [0.2, 0.25) is 10.0 Å². The fraction of sp³-hybridized carbons (Fsp3) is 0.0455. The van der Waals surface area contributed by atoms with Crippen molar-refractivity contribution >= 4 is 52.1 Å². The van der Waals surface area contributed by atoms with Crippen LogP contribution in [0.15, 0.2) is 72.4 Å². The Morgan fingerprint density at radius 2 is 1.66 bits per heavy atom. The van der Waals surface area contributed by atoms with Gasteiger partial charge < -0.3 is 10.1 Å². The van der Waals surface area contributed by atoms with Gasteiger partial charge in [0.05, 0.1) is 0 Å². The number of nitrogens with zero attached hydrogens (tertiary/aromatic N) is 3. The molecule has 0 saturated heterocycles. The van der Waals surface area contributed by atoms with Crippen molar-refractivity contribution in [2.24, 2.45) is 0 Å². The molecule has 2 heterocycles. The van der Waals surface area contributed by atoms with Crippen molar-refractivity contribution in [2.75, 3.05) is 5.32 Å². The van der Waals surface area contributed by atoms with Gasteiger partial charge in [-0.15, -0.1) is 11.3 Å². The number of esters is 1. The predicted octanol–water partition coefficient (Wildman–Crippen LogP) is 5.44. The maximum absolute atomic E-state index is 13.0. The van der Waals surface area contributed by atoms with Crippen molar-refractivity contribution in [3.05, 3.63) is 93.7 Å². The number of hydrogen-bond donors (Lipinski definition) is 1. The van der Waals surface area contributed by atoms with Crippen LogP contribution in [0.4, 0.5) is 5.69 Å². The number of rotatable bonds is 6. The van der Waals surface area contributed by atoms with Gasteiger partial charge in [0.1, 0.15) is 0 Å². The van der Waals surface area contributed by atoms with Gasteiger partial charge >= 0.3 is 5.97 Å². The van der Waals surface area contributed by atoms with Crippen LogP contribution in [0.25, 0.3) is 10.8 Å². The molecule has 0 aliphatic rings. The van der Waals surface area contributed by atoms with Gasteiger partial charge in [0, 0.05) is 39.1 Å². The normalized spacial score (nSPS) is 11.6. The quantitative estimate of drug-likeness (QED) is 0.366. The molecule has 0 aliphatic heterocycles. The summed E-state index contributed by atoms with van der Waals surface area (Å²) in [6.07, 6.45) is 1.94. The highest BCUT2D eigenvalue weighted by atomic mass is 35.5. The van der Waals surface area contributed by atoms with E-state index in [0.717, 1.165) is 0 Å². The molecule has 0 bridgehead atoms. The smallest absolute Gasteiger partial charge is 0.358 e. The zero-order valence-corrected chi connectivity index (χ0v) is 18.6. The number of carbonyl (C=O) groups is 2. The van der Waals surface area contributed by atoms with Gasteiger partial charge in [-0.05, 0) is 24.3 Å². The van der Waals surface area contributed by atoms with Crippen LogP contribution in [0.3, 0.4) is 0 Å². The molecule has 0 radical (unpaired) electrons. The average molecular weight is 485 g/mol. The Morgan fingerprint density at radius 1 is 0.969 bits per heavy atom. The van der Waals surface area contributed by atoms with Crippen LogP contribution in [0, 0.1) is 0 Å². The molecule has 4 rings (SSSR count). The minimum atomic E-state index is -1.22. The molecule has 0 aliphatic carbocycles. The zero-order chi connectivity index (χ0) is 22.5. The van der Waals surface area contributed by atoms with Crippen molar-refractivity contribution < 1.29 is 14.3 Å². The number of ether oxygens (including phenoxy) is 1. The van der Waals surface area contributed by atoms with Crippen LogP contribution in [-0.2, 0) is 9.53 Å². The van der Waals surface area contributed by atoms with E-state index in [9.17, 15) is 9.59 Å². The second kappa shape index (κ2) is 9.86. The minimum Gasteiger partial charge on any atom is -0.443 e. The molecule has 4 aromatic rings. The van der Waals surface area contributed by atoms with Gasteiger partial charge in [0.15, 0.2) is 16.5 Å². The summed E-state index contributed by atoms with van der Waals surface area (Å²) < 4.78 is 5.55. The summed E-state index contributed by atoms with van der Waals surface area (Å²) in [5.74, 6) is -0.923. The fourth-order valence-corrected chi connectivity index (χ4v) is 4.04. The van der Waals surface area contributed by atoms with Crippen LogP contribution in [0.5, 0.6) is 0 Å². The molecule has 7 nitrogen and oxygen atoms in total. The predicted molar refractivity (Wildman–Crippen MR) is 123 cm³/mol. The van der Waals surface area contributed by atoms with Crippen LogP contribution >= 0.6 is 34.5 Å². The fourth-order valence-electron chi connectivity index (χ4n) is 2.78. The maximum Gasteiger partial charge on any atom is 0.358 e. The Bertz CT molecular complexity index is 1230. The number of aromatic nitrogens is 3. The number of hydrogen-bond acceptors (Lipinski definition) is 7. The van der Waals surface area contributed by atoms with E-state index in [1.165, 1.54) is 16.7 Å². The lowest BCUT2D eigenvalue weighted by atomic mass is 10.1. The Labute approximate surface area is 197 Å². The summed E-state index contributed by atoms with van der Waals surface area (Å²) in [6.45, 7) is 0. The number of halogens is 2. The molecule has 1 unspecified atom stereocenters. The van der Waals surface area contributed by atoms with Gasteiger partial charge in [-0.1, -0.05) is 53.5 Å². The molecular formula is C22H14Cl2N4O3S. The summed E-state index contributed by atoms with van der Waals surface area (Å²) in [7, 11) is 0. The van der Waals surface area contributed by atoms with E-state index in [2.05, 4.69) is 20.3 Å². The summed E-state index contributed by atoms with van der Waals surface area (Å²) in [5, 5.41) is 5.41. The third-order valence-corrected chi connectivity index (χ3v) is 5.44. The molecule has 1 N–H and O–H groups in total. The lowest BCUT2D eigenvalue weighted by Gasteiger charge is -2.18. The SMILES string of the molecule is O=C(OC(C(=O)Nc1cc(Cl)cc(Cl)c1)c1ccccc1)c1csc(-c2ncccn2)n1. The Kier molecular flexibility index (Phi) is 6.75. The van der Waals surface area contributed by atoms with E-state index in [0.29, 0.717) is 32.1 Å². The second-order valence-corrected chi connectivity index (χ2v) is 8.18. The summed E-state index contributed by atoms with van der Waals surface area (Å²) >= 11 is 13.2. The van der Waals surface area contributed by atoms with Crippen LogP contribution in [0.1, 0.15) is 22.2 Å². The first-order chi connectivity index (χ1) is 15.5. The van der Waals surface area contributed by atoms with E-state index in [4.69, 9.17) is 27.9 Å². The standard InChI is InChI=1S/C22H14Cl2N4O3S/c23-14-9-15(24)11-16(10-14)27-20(29)18(13-5-2-1-3-6-13)31-22(30)17-12-32-21(28-17)19-25-7-4-8-26-19/h1-12,18H,(H,27,29). The van der Waals surface area contributed by atoms with Gasteiger partial charge in [-0.3, -0.25) is 4.79 Å². The van der Waals surface area contributed by atoms with Crippen molar-refractivity contribution in [2.45, 2.75) is 6.10 Å². The number of amides is 1. The number of carbonyl (C=O) groups excluding carboxylic acids is 2. The highest BCUT2D eigenvalue weighted by Crippen LogP contribution is 2.26.